The molecule has 0 radical (unpaired) electrons. The van der Waals surface area contributed by atoms with E-state index in [4.69, 9.17) is 0 Å². The van der Waals surface area contributed by atoms with Crippen molar-refractivity contribution in [1.29, 1.82) is 0 Å². The van der Waals surface area contributed by atoms with Crippen LogP contribution in [0.3, 0.4) is 0 Å². The molecule has 1 amide bonds. The summed E-state index contributed by atoms with van der Waals surface area (Å²) in [6.45, 7) is -0.0395. The minimum atomic E-state index is -4.50. The topological polar surface area (TPSA) is 62.2 Å². The quantitative estimate of drug-likeness (QED) is 0.647. The van der Waals surface area contributed by atoms with Gasteiger partial charge in [-0.25, -0.2) is 4.98 Å². The first-order chi connectivity index (χ1) is 10.9. The maximum absolute atomic E-state index is 12.6. The number of halogens is 3. The number of thioether (sulfide) groups is 1. The smallest absolute Gasteiger partial charge is 0.396 e. The molecule has 2 rings (SSSR count). The molecule has 128 valence electrons. The second-order valence-electron chi connectivity index (χ2n) is 5.56. The van der Waals surface area contributed by atoms with Gasteiger partial charge >= 0.3 is 5.51 Å². The summed E-state index contributed by atoms with van der Waals surface area (Å²) in [6, 6.07) is 2.55. The number of aliphatic hydroxyl groups excluding tert-OH is 1. The van der Waals surface area contributed by atoms with E-state index in [1.54, 1.807) is 0 Å². The van der Waals surface area contributed by atoms with Crippen molar-refractivity contribution in [1.82, 2.24) is 10.3 Å². The van der Waals surface area contributed by atoms with Gasteiger partial charge in [-0.15, -0.1) is 0 Å². The number of nitrogens with zero attached hydrogens (tertiary/aromatic N) is 1. The van der Waals surface area contributed by atoms with Crippen LogP contribution in [0.1, 0.15) is 42.5 Å². The molecule has 23 heavy (non-hydrogen) atoms. The number of alkyl halides is 3. The van der Waals surface area contributed by atoms with Gasteiger partial charge in [0.2, 0.25) is 0 Å². The molecule has 0 aromatic carbocycles. The third kappa shape index (κ3) is 5.39. The van der Waals surface area contributed by atoms with Crippen LogP contribution in [0.15, 0.2) is 23.4 Å². The molecule has 1 aliphatic rings. The van der Waals surface area contributed by atoms with Gasteiger partial charge in [-0.1, -0.05) is 19.3 Å². The number of carbonyl (C=O) groups is 1. The number of hydrogen-bond donors (Lipinski definition) is 2. The standard InChI is InChI=1S/C15H19F3N2O2S/c16-15(17,18)23-14-11(6-4-8-19-14)13(22)20-12-7-3-1-2-5-10(12)9-21/h4,6,8,10,12,21H,1-3,5,7,9H2,(H,20,22). The van der Waals surface area contributed by atoms with Gasteiger partial charge in [-0.2, -0.15) is 13.2 Å². The Kier molecular flexibility index (Phi) is 6.29. The molecule has 4 nitrogen and oxygen atoms in total. The van der Waals surface area contributed by atoms with Crippen LogP contribution in [0.4, 0.5) is 13.2 Å². The molecule has 0 bridgehead atoms. The molecule has 1 saturated carbocycles. The van der Waals surface area contributed by atoms with Gasteiger partial charge < -0.3 is 10.4 Å². The normalized spacial score (nSPS) is 22.4. The third-order valence-electron chi connectivity index (χ3n) is 3.94. The summed E-state index contributed by atoms with van der Waals surface area (Å²) in [5, 5.41) is 11.9. The van der Waals surface area contributed by atoms with Crippen molar-refractivity contribution in [2.45, 2.75) is 48.7 Å². The molecule has 1 fully saturated rings. The number of nitrogens with one attached hydrogen (secondary N) is 1. The summed E-state index contributed by atoms with van der Waals surface area (Å²) in [5.74, 6) is -0.632. The van der Waals surface area contributed by atoms with Crippen molar-refractivity contribution in [3.05, 3.63) is 23.9 Å². The van der Waals surface area contributed by atoms with Crippen molar-refractivity contribution in [2.75, 3.05) is 6.61 Å². The number of amides is 1. The first-order valence-corrected chi connectivity index (χ1v) is 8.35. The van der Waals surface area contributed by atoms with E-state index >= 15 is 0 Å². The summed E-state index contributed by atoms with van der Waals surface area (Å²) in [4.78, 5) is 16.0. The second-order valence-corrected chi connectivity index (χ2v) is 6.62. The Morgan fingerprint density at radius 3 is 2.78 bits per heavy atom. The Balaban J connectivity index is 2.13. The molecule has 0 aliphatic heterocycles. The van der Waals surface area contributed by atoms with Crippen LogP contribution in [0.25, 0.3) is 0 Å². The summed E-state index contributed by atoms with van der Waals surface area (Å²) in [6.07, 6.45) is 5.70. The number of rotatable bonds is 4. The number of hydrogen-bond acceptors (Lipinski definition) is 4. The lowest BCUT2D eigenvalue weighted by Crippen LogP contribution is -2.41. The molecular weight excluding hydrogens is 329 g/mol. The van der Waals surface area contributed by atoms with Gasteiger partial charge in [-0.05, 0) is 25.0 Å². The lowest BCUT2D eigenvalue weighted by molar-refractivity contribution is -0.0329. The lowest BCUT2D eigenvalue weighted by atomic mass is 9.95. The van der Waals surface area contributed by atoms with Crippen molar-refractivity contribution < 1.29 is 23.1 Å². The van der Waals surface area contributed by atoms with Gasteiger partial charge in [0.1, 0.15) is 5.03 Å². The average Bonchev–Trinajstić information content (AvgIpc) is 2.71. The zero-order valence-corrected chi connectivity index (χ0v) is 13.3. The van der Waals surface area contributed by atoms with E-state index in [2.05, 4.69) is 10.3 Å². The fraction of sp³-hybridized carbons (Fsp3) is 0.600. The first-order valence-electron chi connectivity index (χ1n) is 7.53. The molecule has 2 N–H and O–H groups in total. The lowest BCUT2D eigenvalue weighted by Gasteiger charge is -2.24. The van der Waals surface area contributed by atoms with Crippen molar-refractivity contribution >= 4 is 17.7 Å². The average molecular weight is 348 g/mol. The SMILES string of the molecule is O=C(NC1CCCCCC1CO)c1cccnc1SC(F)(F)F. The van der Waals surface area contributed by atoms with Gasteiger partial charge in [-0.3, -0.25) is 4.79 Å². The molecule has 2 atom stereocenters. The van der Waals surface area contributed by atoms with E-state index in [1.165, 1.54) is 18.3 Å². The molecule has 2 unspecified atom stereocenters. The Morgan fingerprint density at radius 1 is 1.35 bits per heavy atom. The summed E-state index contributed by atoms with van der Waals surface area (Å²) < 4.78 is 37.7. The van der Waals surface area contributed by atoms with Crippen molar-refractivity contribution in [3.63, 3.8) is 0 Å². The predicted molar refractivity (Wildman–Crippen MR) is 81.1 cm³/mol. The second kappa shape index (κ2) is 8.01. The van der Waals surface area contributed by atoms with Crippen LogP contribution >= 0.6 is 11.8 Å². The highest BCUT2D eigenvalue weighted by Crippen LogP contribution is 2.37. The summed E-state index contributed by atoms with van der Waals surface area (Å²) in [7, 11) is 0. The minimum absolute atomic E-state index is 0.0395. The van der Waals surface area contributed by atoms with Crippen LogP contribution in [0.5, 0.6) is 0 Å². The molecule has 1 aromatic rings. The fourth-order valence-electron chi connectivity index (χ4n) is 2.79. The summed E-state index contributed by atoms with van der Waals surface area (Å²) in [5.41, 5.74) is -4.59. The van der Waals surface area contributed by atoms with Gasteiger partial charge in [0.25, 0.3) is 5.91 Å². The Morgan fingerprint density at radius 2 is 2.09 bits per heavy atom. The maximum atomic E-state index is 12.6. The number of aliphatic hydroxyl groups is 1. The maximum Gasteiger partial charge on any atom is 0.447 e. The third-order valence-corrected chi connectivity index (χ3v) is 4.69. The highest BCUT2D eigenvalue weighted by Gasteiger charge is 2.33. The van der Waals surface area contributed by atoms with Crippen LogP contribution < -0.4 is 5.32 Å². The van der Waals surface area contributed by atoms with Crippen molar-refractivity contribution in [3.8, 4) is 0 Å². The van der Waals surface area contributed by atoms with E-state index in [0.29, 0.717) is 0 Å². The molecule has 1 heterocycles. The van der Waals surface area contributed by atoms with E-state index < -0.39 is 23.2 Å². The Bertz CT molecular complexity index is 540. The van der Waals surface area contributed by atoms with E-state index in [9.17, 15) is 23.1 Å². The minimum Gasteiger partial charge on any atom is -0.396 e. The van der Waals surface area contributed by atoms with E-state index in [-0.39, 0.29) is 29.2 Å². The molecule has 1 aromatic heterocycles. The van der Waals surface area contributed by atoms with Gasteiger partial charge in [0, 0.05) is 36.5 Å². The number of carbonyl (C=O) groups excluding carboxylic acids is 1. The first kappa shape index (κ1) is 18.1. The Hall–Kier alpha value is -1.28. The van der Waals surface area contributed by atoms with Crippen LogP contribution in [0, 0.1) is 5.92 Å². The summed E-state index contributed by atoms with van der Waals surface area (Å²) >= 11 is -0.393. The monoisotopic (exact) mass is 348 g/mol. The van der Waals surface area contributed by atoms with E-state index in [1.807, 2.05) is 0 Å². The van der Waals surface area contributed by atoms with E-state index in [0.717, 1.165) is 32.1 Å². The fourth-order valence-corrected chi connectivity index (χ4v) is 3.40. The predicted octanol–water partition coefficient (Wildman–Crippen LogP) is 3.36. The van der Waals surface area contributed by atoms with Gasteiger partial charge in [0.05, 0.1) is 5.56 Å². The zero-order valence-electron chi connectivity index (χ0n) is 12.5. The zero-order chi connectivity index (χ0) is 16.9. The Labute approximate surface area is 136 Å². The largest absolute Gasteiger partial charge is 0.447 e. The molecular formula is C15H19F3N2O2S. The molecule has 0 spiro atoms. The highest BCUT2D eigenvalue weighted by atomic mass is 32.2. The van der Waals surface area contributed by atoms with Crippen molar-refractivity contribution in [2.24, 2.45) is 5.92 Å². The molecule has 8 heteroatoms. The van der Waals surface area contributed by atoms with Crippen LogP contribution in [-0.4, -0.2) is 34.2 Å². The van der Waals surface area contributed by atoms with Crippen LogP contribution in [-0.2, 0) is 0 Å². The molecule has 0 saturated heterocycles. The molecule has 1 aliphatic carbocycles. The van der Waals surface area contributed by atoms with Crippen LogP contribution in [0.2, 0.25) is 0 Å². The van der Waals surface area contributed by atoms with Gasteiger partial charge in [0.15, 0.2) is 0 Å². The number of pyridine rings is 1. The highest BCUT2D eigenvalue weighted by molar-refractivity contribution is 8.00. The number of aromatic nitrogens is 1.